The highest BCUT2D eigenvalue weighted by Crippen LogP contribution is 2.18. The molecule has 17 heavy (non-hydrogen) atoms. The minimum Gasteiger partial charge on any atom is -0.497 e. The van der Waals surface area contributed by atoms with Crippen molar-refractivity contribution in [3.8, 4) is 5.75 Å². The van der Waals surface area contributed by atoms with Gasteiger partial charge in [0.05, 0.1) is 15.2 Å². The van der Waals surface area contributed by atoms with Crippen molar-refractivity contribution in [3.63, 3.8) is 0 Å². The van der Waals surface area contributed by atoms with E-state index < -0.39 is 32.3 Å². The summed E-state index contributed by atoms with van der Waals surface area (Å²) in [6.07, 6.45) is 0. The largest absolute Gasteiger partial charge is 0.497 e. The van der Waals surface area contributed by atoms with E-state index in [1.54, 1.807) is 0 Å². The van der Waals surface area contributed by atoms with Gasteiger partial charge in [-0.1, -0.05) is 19.6 Å². The highest BCUT2D eigenvalue weighted by atomic mass is 28.3. The first-order valence-corrected chi connectivity index (χ1v) is 8.62. The van der Waals surface area contributed by atoms with Crippen molar-refractivity contribution >= 4 is 25.8 Å². The second-order valence-corrected chi connectivity index (χ2v) is 9.79. The second kappa shape index (κ2) is 4.75. The van der Waals surface area contributed by atoms with E-state index in [1.165, 1.54) is 7.11 Å². The number of benzene rings is 1. The molecular weight excluding hydrogens is 245 g/mol. The summed E-state index contributed by atoms with van der Waals surface area (Å²) in [4.78, 5) is 0. The number of rotatable bonds is 3. The highest BCUT2D eigenvalue weighted by Gasteiger charge is 2.31. The van der Waals surface area contributed by atoms with Crippen LogP contribution >= 0.6 is 0 Å². The Kier molecular flexibility index (Phi) is 3.96. The molecule has 0 radical (unpaired) electrons. The van der Waals surface area contributed by atoms with Crippen LogP contribution in [0.1, 0.15) is 0 Å². The van der Waals surface area contributed by atoms with Crippen molar-refractivity contribution in [3.05, 3.63) is 17.7 Å². The zero-order chi connectivity index (χ0) is 13.4. The molecule has 94 valence electrons. The Morgan fingerprint density at radius 3 is 2.06 bits per heavy atom. The summed E-state index contributed by atoms with van der Waals surface area (Å²) in [6, 6.07) is 1.14. The average molecular weight is 260 g/mol. The van der Waals surface area contributed by atoms with Crippen LogP contribution in [0.25, 0.3) is 0 Å². The van der Waals surface area contributed by atoms with Crippen LogP contribution < -0.4 is 15.4 Å². The van der Waals surface area contributed by atoms with Gasteiger partial charge >= 0.3 is 7.12 Å². The zero-order valence-corrected chi connectivity index (χ0v) is 11.2. The van der Waals surface area contributed by atoms with Gasteiger partial charge in [0.25, 0.3) is 0 Å². The first kappa shape index (κ1) is 14.1. The fourth-order valence-corrected chi connectivity index (χ4v) is 3.35. The first-order chi connectivity index (χ1) is 7.70. The molecule has 0 fully saturated rings. The van der Waals surface area contributed by atoms with Crippen molar-refractivity contribution in [2.75, 3.05) is 7.11 Å². The lowest BCUT2D eigenvalue weighted by molar-refractivity contribution is 0.405. The van der Waals surface area contributed by atoms with Gasteiger partial charge in [-0.25, -0.2) is 8.78 Å². The van der Waals surface area contributed by atoms with Crippen molar-refractivity contribution < 1.29 is 23.6 Å². The Morgan fingerprint density at radius 1 is 1.18 bits per heavy atom. The number of ether oxygens (including phenoxy) is 1. The lowest BCUT2D eigenvalue weighted by atomic mass is 9.79. The Balaban J connectivity index is 3.58. The van der Waals surface area contributed by atoms with E-state index in [0.717, 1.165) is 6.07 Å². The molecule has 0 saturated heterocycles. The maximum atomic E-state index is 13.9. The molecule has 2 N–H and O–H groups in total. The number of halogens is 2. The fraction of sp³-hybridized carbons (Fsp3) is 0.400. The minimum atomic E-state index is -2.14. The van der Waals surface area contributed by atoms with Gasteiger partial charge in [-0.05, 0) is 6.07 Å². The van der Waals surface area contributed by atoms with Crippen LogP contribution in [0.2, 0.25) is 19.6 Å². The SMILES string of the molecule is COc1cc(B(O)O)c(F)c(F)c1[Si](C)(C)C. The van der Waals surface area contributed by atoms with Gasteiger partial charge in [0.15, 0.2) is 11.6 Å². The molecular formula is C10H15BF2O3Si. The average Bonchev–Trinajstić information content (AvgIpc) is 2.19. The molecule has 0 saturated carbocycles. The molecule has 0 aliphatic heterocycles. The van der Waals surface area contributed by atoms with Gasteiger partial charge in [-0.15, -0.1) is 0 Å². The lowest BCUT2D eigenvalue weighted by Gasteiger charge is -2.22. The number of hydrogen-bond donors (Lipinski definition) is 2. The highest BCUT2D eigenvalue weighted by molar-refractivity contribution is 6.89. The fourth-order valence-electron chi connectivity index (χ4n) is 1.67. The van der Waals surface area contributed by atoms with Gasteiger partial charge in [-0.2, -0.15) is 0 Å². The maximum Gasteiger partial charge on any atom is 0.491 e. The van der Waals surface area contributed by atoms with Gasteiger partial charge in [0.2, 0.25) is 0 Å². The molecule has 0 aromatic heterocycles. The summed E-state index contributed by atoms with van der Waals surface area (Å²) < 4.78 is 32.6. The quantitative estimate of drug-likeness (QED) is 0.763. The van der Waals surface area contributed by atoms with Crippen molar-refractivity contribution in [2.45, 2.75) is 19.6 Å². The van der Waals surface area contributed by atoms with Crippen LogP contribution in [-0.4, -0.2) is 32.4 Å². The van der Waals surface area contributed by atoms with Crippen molar-refractivity contribution in [1.29, 1.82) is 0 Å². The molecule has 0 heterocycles. The number of hydrogen-bond acceptors (Lipinski definition) is 3. The van der Waals surface area contributed by atoms with E-state index >= 15 is 0 Å². The van der Waals surface area contributed by atoms with Gasteiger partial charge in [0, 0.05) is 10.6 Å². The van der Waals surface area contributed by atoms with Crippen molar-refractivity contribution in [1.82, 2.24) is 0 Å². The number of methoxy groups -OCH3 is 1. The van der Waals surface area contributed by atoms with Gasteiger partial charge in [0.1, 0.15) is 5.75 Å². The maximum absolute atomic E-state index is 13.9. The Morgan fingerprint density at radius 2 is 1.71 bits per heavy atom. The monoisotopic (exact) mass is 260 g/mol. The predicted molar refractivity (Wildman–Crippen MR) is 65.7 cm³/mol. The molecule has 0 aliphatic carbocycles. The summed E-state index contributed by atoms with van der Waals surface area (Å²) >= 11 is 0. The summed E-state index contributed by atoms with van der Waals surface area (Å²) in [7, 11) is -2.86. The van der Waals surface area contributed by atoms with E-state index in [2.05, 4.69) is 0 Å². The molecule has 0 atom stereocenters. The third-order valence-corrected chi connectivity index (χ3v) is 4.41. The third kappa shape index (κ3) is 2.67. The van der Waals surface area contributed by atoms with E-state index in [-0.39, 0.29) is 10.9 Å². The molecule has 1 aromatic rings. The molecule has 1 rings (SSSR count). The molecule has 0 unspecified atom stereocenters. The van der Waals surface area contributed by atoms with Crippen LogP contribution in [0.3, 0.4) is 0 Å². The third-order valence-electron chi connectivity index (χ3n) is 2.45. The zero-order valence-electron chi connectivity index (χ0n) is 10.2. The Bertz CT molecular complexity index is 433. The van der Waals surface area contributed by atoms with E-state index in [1.807, 2.05) is 19.6 Å². The molecule has 1 aromatic carbocycles. The summed E-state index contributed by atoms with van der Waals surface area (Å²) in [5.41, 5.74) is -0.513. The summed E-state index contributed by atoms with van der Waals surface area (Å²) in [5, 5.41) is 18.1. The predicted octanol–water partition coefficient (Wildman–Crippen LogP) is 0.198. The topological polar surface area (TPSA) is 49.7 Å². The van der Waals surface area contributed by atoms with Gasteiger partial charge < -0.3 is 14.8 Å². The van der Waals surface area contributed by atoms with E-state index in [4.69, 9.17) is 14.8 Å². The van der Waals surface area contributed by atoms with Crippen LogP contribution in [-0.2, 0) is 0 Å². The minimum absolute atomic E-state index is 0.158. The Labute approximate surface area is 100 Å². The van der Waals surface area contributed by atoms with Crippen molar-refractivity contribution in [2.24, 2.45) is 0 Å². The molecule has 0 aliphatic rings. The standard InChI is InChI=1S/C10H15BF2O3Si/c1-16-7-5-6(11(14)15)8(12)9(13)10(7)17(2,3)4/h5,14-15H,1-4H3. The molecule has 0 spiro atoms. The molecule has 0 bridgehead atoms. The van der Waals surface area contributed by atoms with E-state index in [9.17, 15) is 8.78 Å². The van der Waals surface area contributed by atoms with Crippen LogP contribution in [0.15, 0.2) is 6.07 Å². The summed E-state index contributed by atoms with van der Waals surface area (Å²) in [5.74, 6) is -2.11. The molecule has 0 amide bonds. The van der Waals surface area contributed by atoms with Gasteiger partial charge in [-0.3, -0.25) is 0 Å². The lowest BCUT2D eigenvalue weighted by Crippen LogP contribution is -2.45. The second-order valence-electron chi connectivity index (χ2n) is 4.79. The molecule has 7 heteroatoms. The first-order valence-electron chi connectivity index (χ1n) is 5.12. The summed E-state index contributed by atoms with van der Waals surface area (Å²) in [6.45, 7) is 5.55. The van der Waals surface area contributed by atoms with Crippen LogP contribution in [0.4, 0.5) is 8.78 Å². The molecule has 3 nitrogen and oxygen atoms in total. The van der Waals surface area contributed by atoms with E-state index in [0.29, 0.717) is 0 Å². The smallest absolute Gasteiger partial charge is 0.491 e. The Hall–Kier alpha value is -0.918. The van der Waals surface area contributed by atoms with Crippen LogP contribution in [0, 0.1) is 11.6 Å². The van der Waals surface area contributed by atoms with Crippen LogP contribution in [0.5, 0.6) is 5.75 Å². The normalized spacial score (nSPS) is 11.5.